The predicted molar refractivity (Wildman–Crippen MR) is 170 cm³/mol. The van der Waals surface area contributed by atoms with E-state index in [4.69, 9.17) is 4.74 Å². The Morgan fingerprint density at radius 1 is 0.841 bits per heavy atom. The molecule has 0 spiro atoms. The molecule has 1 unspecified atom stereocenters. The van der Waals surface area contributed by atoms with Gasteiger partial charge in [0.05, 0.1) is 23.9 Å². The lowest BCUT2D eigenvalue weighted by Crippen LogP contribution is -2.51. The number of aliphatic hydroxyl groups excluding tert-OH is 1. The van der Waals surface area contributed by atoms with E-state index < -0.39 is 47.6 Å². The van der Waals surface area contributed by atoms with Gasteiger partial charge in [0, 0.05) is 18.7 Å². The third kappa shape index (κ3) is 11.9. The zero-order valence-corrected chi connectivity index (χ0v) is 26.3. The Morgan fingerprint density at radius 2 is 1.43 bits per heavy atom. The Morgan fingerprint density at radius 3 is 1.98 bits per heavy atom. The maximum Gasteiger partial charge on any atom is 0.407 e. The minimum absolute atomic E-state index is 0.00894. The summed E-state index contributed by atoms with van der Waals surface area (Å²) in [4.78, 5) is 44.1. The molecule has 4 N–H and O–H groups in total. The lowest BCUT2D eigenvalue weighted by atomic mass is 9.88. The number of aliphatic hydroxyl groups is 1. The summed E-state index contributed by atoms with van der Waals surface area (Å²) < 4.78 is 5.46. The first-order valence-electron chi connectivity index (χ1n) is 15.1. The summed E-state index contributed by atoms with van der Waals surface area (Å²) in [5.41, 5.74) is 1.86. The van der Waals surface area contributed by atoms with Crippen LogP contribution >= 0.6 is 0 Å². The molecular formula is C35H46N4O5. The normalized spacial score (nSPS) is 14.2. The molecule has 0 bridgehead atoms. The second kappa shape index (κ2) is 16.7. The number of imide groups is 1. The number of alkyl carbamates (subject to hydrolysis) is 1. The van der Waals surface area contributed by atoms with Gasteiger partial charge in [-0.25, -0.2) is 4.79 Å². The Bertz CT molecular complexity index is 1310. The Labute approximate surface area is 260 Å². The van der Waals surface area contributed by atoms with Crippen LogP contribution in [0.4, 0.5) is 4.79 Å². The van der Waals surface area contributed by atoms with E-state index in [9.17, 15) is 19.5 Å². The molecule has 9 nitrogen and oxygen atoms in total. The summed E-state index contributed by atoms with van der Waals surface area (Å²) in [6, 6.07) is 23.1. The van der Waals surface area contributed by atoms with Crippen molar-refractivity contribution in [1.29, 1.82) is 0 Å². The largest absolute Gasteiger partial charge is 0.444 e. The fraction of sp³-hybridized carbons (Fsp3) is 0.429. The molecule has 0 aliphatic carbocycles. The first-order chi connectivity index (χ1) is 20.9. The molecule has 3 amide bonds. The van der Waals surface area contributed by atoms with E-state index in [2.05, 4.69) is 20.9 Å². The fourth-order valence-corrected chi connectivity index (χ4v) is 4.90. The molecule has 1 heterocycles. The lowest BCUT2D eigenvalue weighted by molar-refractivity contribution is -0.135. The maximum absolute atomic E-state index is 13.7. The summed E-state index contributed by atoms with van der Waals surface area (Å²) in [6.45, 7) is 9.48. The number of ether oxygens (including phenoxy) is 1. The molecule has 9 heteroatoms. The predicted octanol–water partition coefficient (Wildman–Crippen LogP) is 4.58. The topological polar surface area (TPSA) is 130 Å². The van der Waals surface area contributed by atoms with Gasteiger partial charge >= 0.3 is 6.09 Å². The van der Waals surface area contributed by atoms with Crippen LogP contribution in [0.3, 0.4) is 0 Å². The van der Waals surface area contributed by atoms with Crippen LogP contribution < -0.4 is 16.0 Å². The zero-order valence-electron chi connectivity index (χ0n) is 26.3. The third-order valence-electron chi connectivity index (χ3n) is 7.11. The highest BCUT2D eigenvalue weighted by Gasteiger charge is 2.32. The summed E-state index contributed by atoms with van der Waals surface area (Å²) in [5.74, 6) is -1.78. The molecule has 0 aliphatic heterocycles. The Hall–Kier alpha value is -4.08. The van der Waals surface area contributed by atoms with Gasteiger partial charge in [-0.05, 0) is 69.2 Å². The van der Waals surface area contributed by atoms with E-state index in [1.54, 1.807) is 27.0 Å². The smallest absolute Gasteiger partial charge is 0.407 e. The molecule has 4 atom stereocenters. The highest BCUT2D eigenvalue weighted by Crippen LogP contribution is 2.20. The minimum atomic E-state index is -1.11. The van der Waals surface area contributed by atoms with E-state index in [1.807, 2.05) is 92.7 Å². The van der Waals surface area contributed by atoms with Crippen molar-refractivity contribution in [2.75, 3.05) is 0 Å². The van der Waals surface area contributed by atoms with Crippen molar-refractivity contribution in [2.24, 2.45) is 11.8 Å². The van der Waals surface area contributed by atoms with Gasteiger partial charge in [0.1, 0.15) is 5.60 Å². The number of hydrogen-bond donors (Lipinski definition) is 4. The number of nitrogens with zero attached hydrogens (tertiary/aromatic N) is 1. The number of benzene rings is 2. The molecule has 0 aliphatic rings. The van der Waals surface area contributed by atoms with Crippen molar-refractivity contribution < 1.29 is 24.2 Å². The molecule has 2 aromatic carbocycles. The number of amides is 3. The van der Waals surface area contributed by atoms with Crippen LogP contribution in [0.5, 0.6) is 0 Å². The molecule has 0 radical (unpaired) electrons. The summed E-state index contributed by atoms with van der Waals surface area (Å²) >= 11 is 0. The number of carbonyl (C=O) groups is 3. The van der Waals surface area contributed by atoms with Crippen LogP contribution in [0.2, 0.25) is 0 Å². The van der Waals surface area contributed by atoms with Crippen molar-refractivity contribution in [3.05, 3.63) is 102 Å². The fourth-order valence-electron chi connectivity index (χ4n) is 4.90. The lowest BCUT2D eigenvalue weighted by Gasteiger charge is -2.29. The molecule has 236 valence electrons. The highest BCUT2D eigenvalue weighted by atomic mass is 16.6. The first-order valence-corrected chi connectivity index (χ1v) is 15.1. The number of pyridine rings is 1. The molecule has 1 aromatic heterocycles. The second-order valence-corrected chi connectivity index (χ2v) is 12.4. The van der Waals surface area contributed by atoms with Crippen molar-refractivity contribution in [1.82, 2.24) is 20.9 Å². The van der Waals surface area contributed by atoms with Gasteiger partial charge < -0.3 is 15.2 Å². The van der Waals surface area contributed by atoms with Crippen LogP contribution in [0.1, 0.15) is 57.9 Å². The van der Waals surface area contributed by atoms with E-state index in [0.29, 0.717) is 19.4 Å². The monoisotopic (exact) mass is 602 g/mol. The van der Waals surface area contributed by atoms with Crippen molar-refractivity contribution in [3.8, 4) is 0 Å². The number of nitrogens with one attached hydrogen (secondary N) is 3. The molecule has 0 fully saturated rings. The van der Waals surface area contributed by atoms with Gasteiger partial charge in [-0.15, -0.1) is 0 Å². The summed E-state index contributed by atoms with van der Waals surface area (Å²) in [7, 11) is 0. The van der Waals surface area contributed by atoms with Gasteiger partial charge in [0.15, 0.2) is 0 Å². The quantitative estimate of drug-likeness (QED) is 0.213. The van der Waals surface area contributed by atoms with Crippen LogP contribution in [-0.4, -0.2) is 51.8 Å². The van der Waals surface area contributed by atoms with E-state index in [-0.39, 0.29) is 12.3 Å². The van der Waals surface area contributed by atoms with Crippen LogP contribution in [0, 0.1) is 11.8 Å². The molecule has 3 aromatic rings. The molecule has 44 heavy (non-hydrogen) atoms. The number of rotatable bonds is 14. The van der Waals surface area contributed by atoms with E-state index >= 15 is 0 Å². The van der Waals surface area contributed by atoms with E-state index in [1.165, 1.54) is 0 Å². The van der Waals surface area contributed by atoms with Crippen LogP contribution in [-0.2, 0) is 33.7 Å². The Kier molecular flexibility index (Phi) is 13.0. The van der Waals surface area contributed by atoms with Crippen LogP contribution in [0.15, 0.2) is 85.1 Å². The number of aromatic nitrogens is 1. The van der Waals surface area contributed by atoms with Gasteiger partial charge in [-0.2, -0.15) is 0 Å². The van der Waals surface area contributed by atoms with Crippen molar-refractivity contribution in [3.63, 3.8) is 0 Å². The number of carbonyl (C=O) groups excluding carboxylic acids is 3. The van der Waals surface area contributed by atoms with Crippen molar-refractivity contribution in [2.45, 2.75) is 84.2 Å². The molecular weight excluding hydrogens is 556 g/mol. The van der Waals surface area contributed by atoms with Gasteiger partial charge in [-0.3, -0.25) is 25.2 Å². The molecule has 3 rings (SSSR count). The highest BCUT2D eigenvalue weighted by molar-refractivity contribution is 5.98. The molecule has 0 saturated carbocycles. The zero-order chi connectivity index (χ0) is 32.1. The van der Waals surface area contributed by atoms with Crippen LogP contribution in [0.25, 0.3) is 0 Å². The minimum Gasteiger partial charge on any atom is -0.444 e. The third-order valence-corrected chi connectivity index (χ3v) is 7.11. The second-order valence-electron chi connectivity index (χ2n) is 12.4. The van der Waals surface area contributed by atoms with Crippen molar-refractivity contribution >= 4 is 17.9 Å². The van der Waals surface area contributed by atoms with Gasteiger partial charge in [0.2, 0.25) is 11.8 Å². The Balaban J connectivity index is 1.78. The number of hydrogen-bond acceptors (Lipinski definition) is 7. The molecule has 0 saturated heterocycles. The van der Waals surface area contributed by atoms with Gasteiger partial charge in [-0.1, -0.05) is 80.6 Å². The van der Waals surface area contributed by atoms with Gasteiger partial charge in [0.25, 0.3) is 0 Å². The summed E-state index contributed by atoms with van der Waals surface area (Å²) in [5, 5.41) is 20.1. The summed E-state index contributed by atoms with van der Waals surface area (Å²) in [6.07, 6.45) is 0.556. The SMILES string of the molecule is CC(C)[C@@H](NCc1ccccn1)C(=O)NC(=O)C(Cc1ccccc1)C[C@H](O)[C@H](Cc1ccccc1)NC(=O)OC(C)(C)C. The standard InChI is InChI=1S/C35H46N4O5/c1-24(2)31(37-23-28-18-12-13-19-36-28)33(42)39-32(41)27(20-25-14-8-6-9-15-25)22-30(40)29(21-26-16-10-7-11-17-26)38-34(43)44-35(3,4)5/h6-19,24,27,29-31,37,40H,20-23H2,1-5H3,(H,38,43)(H,39,41,42)/t27?,29-,30-,31+/m0/s1. The average molecular weight is 603 g/mol. The average Bonchev–Trinajstić information content (AvgIpc) is 2.97. The van der Waals surface area contributed by atoms with E-state index in [0.717, 1.165) is 16.8 Å². The maximum atomic E-state index is 13.7. The first kappa shape index (κ1) is 34.4.